The Bertz CT molecular complexity index is 1810. The second-order valence-electron chi connectivity index (χ2n) is 13.7. The molecule has 0 unspecified atom stereocenters. The van der Waals surface area contributed by atoms with Crippen molar-refractivity contribution in [1.29, 1.82) is 0 Å². The first kappa shape index (κ1) is 45.9. The van der Waals surface area contributed by atoms with Gasteiger partial charge in [-0.05, 0) is 19.3 Å². The molecule has 1 saturated heterocycles. The van der Waals surface area contributed by atoms with Gasteiger partial charge < -0.3 is 13.6 Å². The summed E-state index contributed by atoms with van der Waals surface area (Å²) < 4.78 is 19.2. The Morgan fingerprint density at radius 3 is 1.41 bits per heavy atom. The van der Waals surface area contributed by atoms with E-state index >= 15 is 0 Å². The third kappa shape index (κ3) is 11.3. The molecule has 4 aromatic carbocycles. The van der Waals surface area contributed by atoms with Gasteiger partial charge in [0.05, 0.1) is 19.8 Å². The van der Waals surface area contributed by atoms with Crippen molar-refractivity contribution in [3.8, 4) is 0 Å². The Morgan fingerprint density at radius 1 is 0.574 bits per heavy atom. The maximum Gasteiger partial charge on any atom is -0.147 e. The second-order valence-corrected chi connectivity index (χ2v) is 17.0. The number of hydrogen-bond acceptors (Lipinski definition) is 5. The summed E-state index contributed by atoms with van der Waals surface area (Å²) in [4.78, 5) is 5.29. The molecule has 54 heavy (non-hydrogen) atoms. The minimum absolute atomic E-state index is 0. The molecule has 1 fully saturated rings. The molecule has 0 saturated carbocycles. The second kappa shape index (κ2) is 22.3. The standard InChI is InChI=1S/C21H26N2.C15H10.C9H21O3P.2ClH.Ru/c1-14-9-16(3)20(17(4)10-14)22-7-8-23(13-22)21-18(5)11-15(2)12-19(21)6;1-2-6-12(7-3-1)15-11-10-13-8-4-5-9-14(13)15;1-4-7-10-13(11-8-5-2)12-9-6-3;;;/h9-12H,7-8H2,1-6H3;1-9,11H;4-9H2,1-3H3;2*1H;. The van der Waals surface area contributed by atoms with Crippen molar-refractivity contribution < 1.29 is 29.8 Å². The van der Waals surface area contributed by atoms with Gasteiger partial charge in [-0.2, -0.15) is 0 Å². The van der Waals surface area contributed by atoms with Gasteiger partial charge >= 0.3 is 250 Å². The van der Waals surface area contributed by atoms with E-state index in [2.05, 4.69) is 157 Å². The van der Waals surface area contributed by atoms with Gasteiger partial charge in [0.2, 0.25) is 0 Å². The number of hydrogen-bond donors (Lipinski definition) is 0. The van der Waals surface area contributed by atoms with E-state index in [1.807, 2.05) is 0 Å². The molecule has 4 aromatic rings. The fourth-order valence-electron chi connectivity index (χ4n) is 7.04. The first-order valence-electron chi connectivity index (χ1n) is 18.8. The van der Waals surface area contributed by atoms with Crippen LogP contribution in [-0.4, -0.2) is 41.4 Å². The van der Waals surface area contributed by atoms with Crippen molar-refractivity contribution in [3.63, 3.8) is 0 Å². The van der Waals surface area contributed by atoms with Gasteiger partial charge in [-0.3, -0.25) is 0 Å². The first-order chi connectivity index (χ1) is 25.2. The van der Waals surface area contributed by atoms with Crippen LogP contribution < -0.4 is 9.80 Å². The zero-order chi connectivity index (χ0) is 37.2. The van der Waals surface area contributed by atoms with Crippen LogP contribution >= 0.6 is 33.4 Å². The van der Waals surface area contributed by atoms with Crippen molar-refractivity contribution in [2.45, 2.75) is 81.6 Å². The van der Waals surface area contributed by atoms with E-state index in [0.717, 1.165) is 52.2 Å². The van der Waals surface area contributed by atoms with Crippen molar-refractivity contribution in [2.24, 2.45) is 0 Å². The molecule has 0 bridgehead atoms. The van der Waals surface area contributed by atoms with Gasteiger partial charge in [0.25, 0.3) is 0 Å². The van der Waals surface area contributed by atoms with Gasteiger partial charge in [0.15, 0.2) is 0 Å². The Kier molecular flexibility index (Phi) is 18.9. The van der Waals surface area contributed by atoms with E-state index in [1.54, 1.807) is 0 Å². The molecule has 294 valence electrons. The molecule has 0 N–H and O–H groups in total. The first-order valence-corrected chi connectivity index (χ1v) is 21.6. The molecule has 0 aromatic heterocycles. The number of rotatable bonds is 12. The Balaban J connectivity index is 0.000000452. The van der Waals surface area contributed by atoms with Crippen LogP contribution in [0.2, 0.25) is 0 Å². The maximum absolute atomic E-state index is 5.42. The van der Waals surface area contributed by atoms with Gasteiger partial charge in [-0.1, -0.05) is 20.8 Å². The number of nitrogens with zero attached hydrogens (tertiary/aromatic N) is 2. The third-order valence-electron chi connectivity index (χ3n) is 8.99. The minimum Gasteiger partial charge on any atom is -0.147 e. The number of aryl methyl sites for hydroxylation is 6. The van der Waals surface area contributed by atoms with Crippen LogP contribution in [0.15, 0.2) is 84.9 Å². The Hall–Kier alpha value is -2.53. The quantitative estimate of drug-likeness (QED) is 0.105. The maximum atomic E-state index is 5.42. The molecule has 0 amide bonds. The van der Waals surface area contributed by atoms with E-state index in [4.69, 9.17) is 13.6 Å². The summed E-state index contributed by atoms with van der Waals surface area (Å²) in [5.41, 5.74) is 16.3. The molecule has 1 aliphatic carbocycles. The Morgan fingerprint density at radius 2 is 0.981 bits per heavy atom. The molecule has 0 atom stereocenters. The van der Waals surface area contributed by atoms with E-state index in [-0.39, 0.29) is 41.0 Å². The van der Waals surface area contributed by atoms with Crippen LogP contribution in [0.3, 0.4) is 0 Å². The van der Waals surface area contributed by atoms with Gasteiger partial charge in [0.1, 0.15) is 0 Å². The van der Waals surface area contributed by atoms with Crippen LogP contribution in [-0.2, 0) is 29.8 Å². The molecule has 1 aliphatic heterocycles. The van der Waals surface area contributed by atoms with Crippen molar-refractivity contribution >= 4 is 58.8 Å². The normalized spacial score (nSPS) is 13.3. The van der Waals surface area contributed by atoms with E-state index in [1.165, 1.54) is 75.5 Å². The molecule has 5 nitrogen and oxygen atoms in total. The van der Waals surface area contributed by atoms with E-state index in [9.17, 15) is 0 Å². The summed E-state index contributed by atoms with van der Waals surface area (Å²) in [6, 6.07) is 29.2. The monoisotopic (exact) mass is 878 g/mol. The molecule has 6 rings (SSSR count). The average Bonchev–Trinajstić information content (AvgIpc) is 3.69. The fraction of sp³-hybridized carbons (Fsp3) is 0.378. The van der Waals surface area contributed by atoms with E-state index < -0.39 is 8.60 Å². The Labute approximate surface area is 346 Å². The molecule has 9 heteroatoms. The summed E-state index contributed by atoms with van der Waals surface area (Å²) in [7, 11) is -1.08. The van der Waals surface area contributed by atoms with Gasteiger partial charge in [0, 0.05) is 0 Å². The predicted octanol–water partition coefficient (Wildman–Crippen LogP) is 12.0. The van der Waals surface area contributed by atoms with Crippen LogP contribution in [0.25, 0.3) is 5.57 Å². The number of halogens is 2. The summed E-state index contributed by atoms with van der Waals surface area (Å²) in [6.45, 7) is 23.9. The zero-order valence-corrected chi connectivity index (χ0v) is 37.7. The molecular weight excluding hydrogens is 819 g/mol. The van der Waals surface area contributed by atoms with Crippen molar-refractivity contribution in [1.82, 2.24) is 0 Å². The van der Waals surface area contributed by atoms with Gasteiger partial charge in [-0.15, -0.1) is 24.8 Å². The predicted molar refractivity (Wildman–Crippen MR) is 235 cm³/mol. The largest absolute Gasteiger partial charge is 0.147 e. The van der Waals surface area contributed by atoms with Gasteiger partial charge in [-0.25, -0.2) is 0 Å². The molecule has 0 radical (unpaired) electrons. The minimum atomic E-state index is -1.08. The van der Waals surface area contributed by atoms with E-state index in [0.29, 0.717) is 0 Å². The summed E-state index contributed by atoms with van der Waals surface area (Å²) in [5.74, 6) is 0. The number of benzene rings is 4. The average molecular weight is 879 g/mol. The smallest absolute Gasteiger partial charge is 0.147 e. The number of fused-ring (bicyclic) bond motifs is 1. The SMILES string of the molecule is CCCOP(OCCC)OCCC.Cc1cc(C)c(N2CCN(c3c(C)cc(C)cc3C)[C]2=[Ru]=[C]2C=C(c3ccccc3)c3ccccc32)c(C)c1.Cl.Cl. The molecule has 0 spiro atoms. The number of allylic oxidation sites excluding steroid dienone is 1. The molecular formula is C45H59Cl2N2O3PRu. The van der Waals surface area contributed by atoms with Crippen LogP contribution in [0.4, 0.5) is 11.4 Å². The fourth-order valence-corrected chi connectivity index (χ4v) is 10.9. The number of anilines is 2. The summed E-state index contributed by atoms with van der Waals surface area (Å²) >= 11 is -0.233. The van der Waals surface area contributed by atoms with Crippen molar-refractivity contribution in [2.75, 3.05) is 42.7 Å². The molecule has 1 heterocycles. The van der Waals surface area contributed by atoms with Crippen LogP contribution in [0.1, 0.15) is 90.1 Å². The van der Waals surface area contributed by atoms with Crippen LogP contribution in [0.5, 0.6) is 0 Å². The summed E-state index contributed by atoms with van der Waals surface area (Å²) in [5, 5.41) is 0. The summed E-state index contributed by atoms with van der Waals surface area (Å²) in [6.07, 6.45) is 5.49. The van der Waals surface area contributed by atoms with Crippen molar-refractivity contribution in [3.05, 3.63) is 135 Å². The third-order valence-corrected chi connectivity index (χ3v) is 12.7. The van der Waals surface area contributed by atoms with Crippen LogP contribution in [0, 0.1) is 41.5 Å². The zero-order valence-electron chi connectivity index (χ0n) is 33.5. The topological polar surface area (TPSA) is 34.2 Å². The molecule has 2 aliphatic rings.